The molecule has 7 heteroatoms. The highest BCUT2D eigenvalue weighted by molar-refractivity contribution is 5.28. The summed E-state index contributed by atoms with van der Waals surface area (Å²) in [5.74, 6) is -6.26. The van der Waals surface area contributed by atoms with Gasteiger partial charge >= 0.3 is 6.18 Å². The molecule has 2 N–H and O–H groups in total. The Morgan fingerprint density at radius 2 is 1.75 bits per heavy atom. The van der Waals surface area contributed by atoms with E-state index in [9.17, 15) is 26.3 Å². The largest absolute Gasteiger partial charge is 0.391 e. The fourth-order valence-electron chi connectivity index (χ4n) is 2.74. The van der Waals surface area contributed by atoms with Gasteiger partial charge in [0.1, 0.15) is 0 Å². The van der Waals surface area contributed by atoms with E-state index in [-0.39, 0.29) is 19.3 Å². The first kappa shape index (κ1) is 15.2. The molecule has 2 atom stereocenters. The lowest BCUT2D eigenvalue weighted by Gasteiger charge is -2.39. The maximum absolute atomic E-state index is 13.7. The molecule has 1 nitrogen and oxygen atoms in total. The van der Waals surface area contributed by atoms with Crippen molar-refractivity contribution in [2.24, 2.45) is 11.7 Å². The van der Waals surface area contributed by atoms with E-state index < -0.39 is 47.1 Å². The number of halogens is 6. The fourth-order valence-corrected chi connectivity index (χ4v) is 2.74. The molecule has 0 radical (unpaired) electrons. The first-order valence-electron chi connectivity index (χ1n) is 6.15. The zero-order valence-corrected chi connectivity index (χ0v) is 10.4. The van der Waals surface area contributed by atoms with Gasteiger partial charge in [-0.2, -0.15) is 13.2 Å². The number of hydrogen-bond donors (Lipinski definition) is 1. The predicted octanol–water partition coefficient (Wildman–Crippen LogP) is 4.01. The standard InChI is InChI=1S/C13H13F6N/c14-9-4-3-8(10(15)11(9)16)12(20)5-1-2-7(6-12)13(17,18)19/h3-4,7H,1-2,5-6,20H2. The van der Waals surface area contributed by atoms with Crippen molar-refractivity contribution in [1.82, 2.24) is 0 Å². The average Bonchev–Trinajstić information content (AvgIpc) is 2.35. The Labute approximate surface area is 111 Å². The molecule has 1 aliphatic carbocycles. The van der Waals surface area contributed by atoms with Gasteiger partial charge in [0.05, 0.1) is 5.92 Å². The lowest BCUT2D eigenvalue weighted by atomic mass is 9.72. The van der Waals surface area contributed by atoms with Crippen molar-refractivity contribution in [3.05, 3.63) is 35.1 Å². The number of alkyl halides is 3. The predicted molar refractivity (Wildman–Crippen MR) is 60.2 cm³/mol. The SMILES string of the molecule is NC1(c2ccc(F)c(F)c2F)CCCC(C(F)(F)F)C1. The molecule has 1 aromatic carbocycles. The van der Waals surface area contributed by atoms with Crippen LogP contribution in [0.15, 0.2) is 12.1 Å². The van der Waals surface area contributed by atoms with Crippen molar-refractivity contribution < 1.29 is 26.3 Å². The third-order valence-electron chi connectivity index (χ3n) is 3.82. The highest BCUT2D eigenvalue weighted by atomic mass is 19.4. The monoisotopic (exact) mass is 297 g/mol. The molecule has 2 unspecified atom stereocenters. The summed E-state index contributed by atoms with van der Waals surface area (Å²) in [6.45, 7) is 0. The van der Waals surface area contributed by atoms with Gasteiger partial charge in [0.15, 0.2) is 17.5 Å². The highest BCUT2D eigenvalue weighted by Crippen LogP contribution is 2.45. The van der Waals surface area contributed by atoms with Gasteiger partial charge < -0.3 is 5.73 Å². The van der Waals surface area contributed by atoms with Gasteiger partial charge in [-0.25, -0.2) is 13.2 Å². The van der Waals surface area contributed by atoms with Crippen molar-refractivity contribution >= 4 is 0 Å². The van der Waals surface area contributed by atoms with E-state index in [0.717, 1.165) is 6.07 Å². The summed E-state index contributed by atoms with van der Waals surface area (Å²) in [6, 6.07) is 1.60. The van der Waals surface area contributed by atoms with Crippen LogP contribution >= 0.6 is 0 Å². The zero-order chi connectivity index (χ0) is 15.1. The van der Waals surface area contributed by atoms with Gasteiger partial charge in [0, 0.05) is 11.1 Å². The molecule has 0 amide bonds. The molecule has 0 heterocycles. The molecule has 0 saturated heterocycles. The summed E-state index contributed by atoms with van der Waals surface area (Å²) in [6.07, 6.45) is -4.80. The molecule has 1 aliphatic rings. The topological polar surface area (TPSA) is 26.0 Å². The summed E-state index contributed by atoms with van der Waals surface area (Å²) in [5, 5.41) is 0. The Hall–Kier alpha value is -1.24. The van der Waals surface area contributed by atoms with Gasteiger partial charge in [-0.1, -0.05) is 12.5 Å². The van der Waals surface area contributed by atoms with Crippen molar-refractivity contribution in [2.45, 2.75) is 37.4 Å². The maximum atomic E-state index is 13.7. The third kappa shape index (κ3) is 2.63. The number of rotatable bonds is 1. The van der Waals surface area contributed by atoms with Crippen LogP contribution in [0.2, 0.25) is 0 Å². The van der Waals surface area contributed by atoms with Crippen LogP contribution in [0.4, 0.5) is 26.3 Å². The Balaban J connectivity index is 2.38. The quantitative estimate of drug-likeness (QED) is 0.615. The molecular weight excluding hydrogens is 284 g/mol. The number of hydrogen-bond acceptors (Lipinski definition) is 1. The normalized spacial score (nSPS) is 27.6. The zero-order valence-electron chi connectivity index (χ0n) is 10.4. The van der Waals surface area contributed by atoms with Gasteiger partial charge in [-0.15, -0.1) is 0 Å². The van der Waals surface area contributed by atoms with Crippen molar-refractivity contribution in [3.8, 4) is 0 Å². The average molecular weight is 297 g/mol. The fraction of sp³-hybridized carbons (Fsp3) is 0.538. The molecule has 0 aliphatic heterocycles. The van der Waals surface area contributed by atoms with Gasteiger partial charge in [0.25, 0.3) is 0 Å². The lowest BCUT2D eigenvalue weighted by molar-refractivity contribution is -0.187. The minimum absolute atomic E-state index is 0.0895. The van der Waals surface area contributed by atoms with Crippen molar-refractivity contribution in [1.29, 1.82) is 0 Å². The molecule has 0 bridgehead atoms. The minimum Gasteiger partial charge on any atom is -0.321 e. The van der Waals surface area contributed by atoms with Crippen LogP contribution in [0.5, 0.6) is 0 Å². The molecule has 1 fully saturated rings. The van der Waals surface area contributed by atoms with Crippen molar-refractivity contribution in [3.63, 3.8) is 0 Å². The van der Waals surface area contributed by atoms with E-state index >= 15 is 0 Å². The maximum Gasteiger partial charge on any atom is 0.391 e. The second-order valence-corrected chi connectivity index (χ2v) is 5.21. The van der Waals surface area contributed by atoms with Crippen LogP contribution in [-0.2, 0) is 5.54 Å². The Kier molecular flexibility index (Phi) is 3.75. The van der Waals surface area contributed by atoms with Crippen LogP contribution in [0.1, 0.15) is 31.2 Å². The van der Waals surface area contributed by atoms with Crippen molar-refractivity contribution in [2.75, 3.05) is 0 Å². The molecule has 0 spiro atoms. The first-order valence-corrected chi connectivity index (χ1v) is 6.15. The molecular formula is C13H13F6N. The van der Waals surface area contributed by atoms with Gasteiger partial charge in [-0.3, -0.25) is 0 Å². The summed E-state index contributed by atoms with van der Waals surface area (Å²) in [5.41, 5.74) is 3.83. The van der Waals surface area contributed by atoms with Crippen LogP contribution in [0.3, 0.4) is 0 Å². The van der Waals surface area contributed by atoms with E-state index in [4.69, 9.17) is 5.73 Å². The first-order chi connectivity index (χ1) is 9.15. The van der Waals surface area contributed by atoms with E-state index in [1.807, 2.05) is 0 Å². The Morgan fingerprint density at radius 1 is 1.10 bits per heavy atom. The van der Waals surface area contributed by atoms with Gasteiger partial charge in [-0.05, 0) is 25.3 Å². The Bertz CT molecular complexity index is 512. The second-order valence-electron chi connectivity index (χ2n) is 5.21. The molecule has 20 heavy (non-hydrogen) atoms. The lowest BCUT2D eigenvalue weighted by Crippen LogP contribution is -2.45. The summed E-state index contributed by atoms with van der Waals surface area (Å²) in [4.78, 5) is 0. The van der Waals surface area contributed by atoms with Crippen LogP contribution in [-0.4, -0.2) is 6.18 Å². The highest BCUT2D eigenvalue weighted by Gasteiger charge is 2.47. The van der Waals surface area contributed by atoms with Crippen LogP contribution in [0, 0.1) is 23.4 Å². The third-order valence-corrected chi connectivity index (χ3v) is 3.82. The second kappa shape index (κ2) is 4.95. The summed E-state index contributed by atoms with van der Waals surface area (Å²) < 4.78 is 78.1. The van der Waals surface area contributed by atoms with Gasteiger partial charge in [0.2, 0.25) is 0 Å². The van der Waals surface area contributed by atoms with E-state index in [1.54, 1.807) is 0 Å². The molecule has 2 rings (SSSR count). The molecule has 0 aromatic heterocycles. The Morgan fingerprint density at radius 3 is 2.35 bits per heavy atom. The minimum atomic E-state index is -4.43. The number of nitrogens with two attached hydrogens (primary N) is 1. The van der Waals surface area contributed by atoms with E-state index in [0.29, 0.717) is 6.07 Å². The summed E-state index contributed by atoms with van der Waals surface area (Å²) in [7, 11) is 0. The van der Waals surface area contributed by atoms with Crippen LogP contribution < -0.4 is 5.73 Å². The number of benzene rings is 1. The summed E-state index contributed by atoms with van der Waals surface area (Å²) >= 11 is 0. The van der Waals surface area contributed by atoms with E-state index in [2.05, 4.69) is 0 Å². The smallest absolute Gasteiger partial charge is 0.321 e. The molecule has 1 aromatic rings. The van der Waals surface area contributed by atoms with E-state index in [1.165, 1.54) is 0 Å². The molecule has 112 valence electrons. The molecule has 1 saturated carbocycles. The van der Waals surface area contributed by atoms with Crippen LogP contribution in [0.25, 0.3) is 0 Å².